The number of nitrogens with zero attached hydrogens (tertiary/aromatic N) is 3. The van der Waals surface area contributed by atoms with Crippen molar-refractivity contribution in [2.45, 2.75) is 0 Å². The second-order valence-electron chi connectivity index (χ2n) is 5.79. The van der Waals surface area contributed by atoms with E-state index in [1.807, 2.05) is 7.05 Å². The van der Waals surface area contributed by atoms with Crippen molar-refractivity contribution < 1.29 is 9.59 Å². The zero-order valence-corrected chi connectivity index (χ0v) is 15.9. The molecule has 132 valence electrons. The number of aromatic amines is 1. The summed E-state index contributed by atoms with van der Waals surface area (Å²) in [5.41, 5.74) is 0.594. The van der Waals surface area contributed by atoms with Gasteiger partial charge in [0.05, 0.1) is 15.1 Å². The number of likely N-dealkylation sites (N-methyl/N-ethyl adjacent to an activating group) is 1. The quantitative estimate of drug-likeness (QED) is 0.790. The van der Waals surface area contributed by atoms with Crippen LogP contribution in [0.25, 0.3) is 0 Å². The van der Waals surface area contributed by atoms with Crippen LogP contribution in [0.3, 0.4) is 0 Å². The van der Waals surface area contributed by atoms with Gasteiger partial charge in [0.15, 0.2) is 5.69 Å². The Labute approximate surface area is 158 Å². The highest BCUT2D eigenvalue weighted by Crippen LogP contribution is 2.26. The Hall–Kier alpha value is -1.90. The van der Waals surface area contributed by atoms with Gasteiger partial charge in [0.1, 0.15) is 5.82 Å². The van der Waals surface area contributed by atoms with E-state index < -0.39 is 0 Å². The summed E-state index contributed by atoms with van der Waals surface area (Å²) in [5.74, 6) is -0.231. The topological polar surface area (TPSA) is 81.3 Å². The fraction of sp³-hybridized carbons (Fsp3) is 0.312. The molecule has 1 aromatic heterocycles. The van der Waals surface area contributed by atoms with E-state index in [0.717, 1.165) is 13.1 Å². The largest absolute Gasteiger partial charge is 0.335 e. The number of piperazine rings is 1. The number of aromatic nitrogens is 2. The van der Waals surface area contributed by atoms with Crippen LogP contribution in [0, 0.1) is 0 Å². The Bertz CT molecular complexity index is 802. The monoisotopic (exact) mass is 425 g/mol. The van der Waals surface area contributed by atoms with E-state index >= 15 is 0 Å². The molecule has 2 heterocycles. The molecular formula is C16H17BrClN5O2. The Morgan fingerprint density at radius 2 is 1.92 bits per heavy atom. The standard InChI is InChI=1S/C16H17BrClN5O2/c1-22-6-8-23(9-7-22)16(25)13-12(17)14(21-20-13)19-15(24)10-4-2-3-5-11(10)18/h2-5H,6-9H2,1H3,(H2,19,20,21,24). The number of amides is 2. The fourth-order valence-electron chi connectivity index (χ4n) is 2.54. The van der Waals surface area contributed by atoms with Crippen LogP contribution in [0.15, 0.2) is 28.7 Å². The second kappa shape index (κ2) is 7.55. The molecule has 2 aromatic rings. The van der Waals surface area contributed by atoms with Gasteiger partial charge in [-0.15, -0.1) is 0 Å². The second-order valence-corrected chi connectivity index (χ2v) is 6.99. The van der Waals surface area contributed by atoms with Crippen LogP contribution in [-0.4, -0.2) is 65.0 Å². The lowest BCUT2D eigenvalue weighted by molar-refractivity contribution is 0.0657. The minimum Gasteiger partial charge on any atom is -0.335 e. The van der Waals surface area contributed by atoms with Gasteiger partial charge in [-0.3, -0.25) is 14.7 Å². The van der Waals surface area contributed by atoms with Crippen molar-refractivity contribution in [3.8, 4) is 0 Å². The van der Waals surface area contributed by atoms with E-state index in [9.17, 15) is 9.59 Å². The summed E-state index contributed by atoms with van der Waals surface area (Å²) in [5, 5.41) is 9.78. The van der Waals surface area contributed by atoms with Crippen LogP contribution < -0.4 is 5.32 Å². The van der Waals surface area contributed by atoms with Gasteiger partial charge >= 0.3 is 0 Å². The van der Waals surface area contributed by atoms with Gasteiger partial charge in [0.2, 0.25) is 0 Å². The highest BCUT2D eigenvalue weighted by molar-refractivity contribution is 9.10. The van der Waals surface area contributed by atoms with Gasteiger partial charge in [0.25, 0.3) is 11.8 Å². The molecule has 0 bridgehead atoms. The van der Waals surface area contributed by atoms with Crippen LogP contribution in [0.2, 0.25) is 5.02 Å². The summed E-state index contributed by atoms with van der Waals surface area (Å²) in [6.45, 7) is 2.94. The average Bonchev–Trinajstić information content (AvgIpc) is 2.96. The van der Waals surface area contributed by atoms with Crippen molar-refractivity contribution in [2.75, 3.05) is 38.5 Å². The van der Waals surface area contributed by atoms with Crippen LogP contribution in [0.4, 0.5) is 5.82 Å². The minimum atomic E-state index is -0.381. The molecule has 1 saturated heterocycles. The van der Waals surface area contributed by atoms with Crippen LogP contribution in [0.5, 0.6) is 0 Å². The summed E-state index contributed by atoms with van der Waals surface area (Å²) < 4.78 is 0.428. The summed E-state index contributed by atoms with van der Waals surface area (Å²) in [6, 6.07) is 6.74. The molecule has 7 nitrogen and oxygen atoms in total. The fourth-order valence-corrected chi connectivity index (χ4v) is 3.21. The van der Waals surface area contributed by atoms with Gasteiger partial charge in [-0.2, -0.15) is 5.10 Å². The van der Waals surface area contributed by atoms with Gasteiger partial charge in [-0.05, 0) is 35.1 Å². The molecule has 0 saturated carbocycles. The predicted octanol–water partition coefficient (Wildman–Crippen LogP) is 2.47. The summed E-state index contributed by atoms with van der Waals surface area (Å²) in [6.07, 6.45) is 0. The lowest BCUT2D eigenvalue weighted by atomic mass is 10.2. The highest BCUT2D eigenvalue weighted by atomic mass is 79.9. The van der Waals surface area contributed by atoms with Gasteiger partial charge in [-0.1, -0.05) is 23.7 Å². The molecule has 0 radical (unpaired) electrons. The molecular weight excluding hydrogens is 410 g/mol. The number of hydrogen-bond donors (Lipinski definition) is 2. The number of benzene rings is 1. The molecule has 1 aliphatic heterocycles. The molecule has 1 aliphatic rings. The molecule has 1 fully saturated rings. The lowest BCUT2D eigenvalue weighted by Crippen LogP contribution is -2.47. The van der Waals surface area contributed by atoms with Crippen molar-refractivity contribution >= 4 is 45.2 Å². The van der Waals surface area contributed by atoms with E-state index in [1.165, 1.54) is 0 Å². The first-order valence-electron chi connectivity index (χ1n) is 7.75. The highest BCUT2D eigenvalue weighted by Gasteiger charge is 2.26. The summed E-state index contributed by atoms with van der Waals surface area (Å²) >= 11 is 9.38. The van der Waals surface area contributed by atoms with E-state index in [0.29, 0.717) is 34.0 Å². The first kappa shape index (κ1) is 17.9. The molecule has 0 spiro atoms. The van der Waals surface area contributed by atoms with E-state index in [2.05, 4.69) is 36.3 Å². The van der Waals surface area contributed by atoms with Gasteiger partial charge < -0.3 is 15.1 Å². The number of halogens is 2. The Morgan fingerprint density at radius 1 is 1.24 bits per heavy atom. The molecule has 0 unspecified atom stereocenters. The number of carbonyl (C=O) groups excluding carboxylic acids is 2. The van der Waals surface area contributed by atoms with E-state index in [-0.39, 0.29) is 17.5 Å². The van der Waals surface area contributed by atoms with Crippen LogP contribution >= 0.6 is 27.5 Å². The molecule has 25 heavy (non-hydrogen) atoms. The third kappa shape index (κ3) is 3.86. The molecule has 0 aliphatic carbocycles. The molecule has 2 N–H and O–H groups in total. The third-order valence-corrected chi connectivity index (χ3v) is 5.16. The molecule has 3 rings (SSSR count). The van der Waals surface area contributed by atoms with Crippen molar-refractivity contribution in [1.29, 1.82) is 0 Å². The first-order valence-corrected chi connectivity index (χ1v) is 8.92. The maximum absolute atomic E-state index is 12.6. The third-order valence-electron chi connectivity index (χ3n) is 4.06. The van der Waals surface area contributed by atoms with Crippen molar-refractivity contribution in [3.05, 3.63) is 45.0 Å². The van der Waals surface area contributed by atoms with Crippen LogP contribution in [-0.2, 0) is 0 Å². The predicted molar refractivity (Wildman–Crippen MR) is 99.1 cm³/mol. The normalized spacial score (nSPS) is 15.2. The molecule has 2 amide bonds. The smallest absolute Gasteiger partial charge is 0.275 e. The SMILES string of the molecule is CN1CCN(C(=O)c2n[nH]c(NC(=O)c3ccccc3Cl)c2Br)CC1. The van der Waals surface area contributed by atoms with Gasteiger partial charge in [-0.25, -0.2) is 0 Å². The maximum Gasteiger partial charge on any atom is 0.275 e. The molecule has 9 heteroatoms. The maximum atomic E-state index is 12.6. The average molecular weight is 427 g/mol. The number of H-pyrrole nitrogens is 1. The Balaban J connectivity index is 1.74. The number of rotatable bonds is 3. The molecule has 0 atom stereocenters. The van der Waals surface area contributed by atoms with E-state index in [4.69, 9.17) is 11.6 Å². The lowest BCUT2D eigenvalue weighted by Gasteiger charge is -2.31. The number of hydrogen-bond acceptors (Lipinski definition) is 4. The minimum absolute atomic E-state index is 0.172. The molecule has 1 aromatic carbocycles. The van der Waals surface area contributed by atoms with Crippen molar-refractivity contribution in [2.24, 2.45) is 0 Å². The number of nitrogens with one attached hydrogen (secondary N) is 2. The van der Waals surface area contributed by atoms with Gasteiger partial charge in [0, 0.05) is 26.2 Å². The summed E-state index contributed by atoms with van der Waals surface area (Å²) in [7, 11) is 2.02. The zero-order chi connectivity index (χ0) is 18.0. The van der Waals surface area contributed by atoms with Crippen molar-refractivity contribution in [3.63, 3.8) is 0 Å². The summed E-state index contributed by atoms with van der Waals surface area (Å²) in [4.78, 5) is 28.9. The number of anilines is 1. The zero-order valence-electron chi connectivity index (χ0n) is 13.6. The first-order chi connectivity index (χ1) is 12.0. The Morgan fingerprint density at radius 3 is 2.60 bits per heavy atom. The Kier molecular flexibility index (Phi) is 5.41. The number of carbonyl (C=O) groups is 2. The van der Waals surface area contributed by atoms with E-state index in [1.54, 1.807) is 29.2 Å². The van der Waals surface area contributed by atoms with Crippen molar-refractivity contribution in [1.82, 2.24) is 20.0 Å². The van der Waals surface area contributed by atoms with Crippen LogP contribution in [0.1, 0.15) is 20.8 Å².